The van der Waals surface area contributed by atoms with Crippen LogP contribution in [0.4, 0.5) is 0 Å². The zero-order valence-electron chi connectivity index (χ0n) is 13.1. The summed E-state index contributed by atoms with van der Waals surface area (Å²) in [6, 6.07) is -1.55. The van der Waals surface area contributed by atoms with Gasteiger partial charge in [0.2, 0.25) is 17.7 Å². The lowest BCUT2D eigenvalue weighted by molar-refractivity contribution is -0.130. The van der Waals surface area contributed by atoms with Crippen molar-refractivity contribution in [2.24, 2.45) is 11.5 Å². The van der Waals surface area contributed by atoms with Crippen molar-refractivity contribution in [1.29, 1.82) is 0 Å². The van der Waals surface area contributed by atoms with Gasteiger partial charge in [-0.2, -0.15) is 0 Å². The highest BCUT2D eigenvalue weighted by atomic mass is 16.3. The second kappa shape index (κ2) is 11.9. The van der Waals surface area contributed by atoms with E-state index in [0.29, 0.717) is 6.54 Å². The molecule has 0 fully saturated rings. The van der Waals surface area contributed by atoms with Crippen molar-refractivity contribution in [3.63, 3.8) is 0 Å². The molecule has 7 N–H and O–H groups in total. The Morgan fingerprint density at radius 1 is 1.09 bits per heavy atom. The summed E-state index contributed by atoms with van der Waals surface area (Å²) in [6.07, 6.45) is 3.49. The van der Waals surface area contributed by atoms with Gasteiger partial charge in [0.05, 0.1) is 6.04 Å². The zero-order chi connectivity index (χ0) is 17.0. The van der Waals surface area contributed by atoms with Gasteiger partial charge in [0.25, 0.3) is 0 Å². The number of carbonyl (C=O) groups is 3. The second-order valence-corrected chi connectivity index (χ2v) is 5.28. The lowest BCUT2D eigenvalue weighted by Gasteiger charge is -2.19. The Labute approximate surface area is 131 Å². The highest BCUT2D eigenvalue weighted by Crippen LogP contribution is 2.00. The zero-order valence-corrected chi connectivity index (χ0v) is 13.1. The van der Waals surface area contributed by atoms with Crippen LogP contribution in [0.2, 0.25) is 0 Å². The molecular formula is C14H28N4O4. The first-order valence-electron chi connectivity index (χ1n) is 7.61. The highest BCUT2D eigenvalue weighted by Gasteiger charge is 2.22. The van der Waals surface area contributed by atoms with Crippen molar-refractivity contribution >= 4 is 17.7 Å². The molecule has 0 heterocycles. The van der Waals surface area contributed by atoms with Crippen LogP contribution in [0.5, 0.6) is 0 Å². The largest absolute Gasteiger partial charge is 0.396 e. The Morgan fingerprint density at radius 2 is 1.73 bits per heavy atom. The van der Waals surface area contributed by atoms with E-state index in [9.17, 15) is 14.4 Å². The number of nitrogens with two attached hydrogens (primary N) is 2. The number of aliphatic hydroxyl groups excluding tert-OH is 1. The smallest absolute Gasteiger partial charge is 0.242 e. The summed E-state index contributed by atoms with van der Waals surface area (Å²) in [4.78, 5) is 34.5. The third-order valence-electron chi connectivity index (χ3n) is 3.11. The maximum absolute atomic E-state index is 12.0. The average Bonchev–Trinajstić information content (AvgIpc) is 2.46. The number of hydrogen-bond acceptors (Lipinski definition) is 5. The molecule has 0 aromatic carbocycles. The SMILES string of the molecule is C[C@H](N)C(=O)N[C@@H](CCC(N)=O)C(=O)NCCCCCCO. The molecule has 0 aromatic rings. The number of amides is 3. The maximum atomic E-state index is 12.0. The number of unbranched alkanes of at least 4 members (excludes halogenated alkanes) is 3. The maximum Gasteiger partial charge on any atom is 0.242 e. The van der Waals surface area contributed by atoms with E-state index < -0.39 is 23.9 Å². The molecule has 2 atom stereocenters. The number of aliphatic hydroxyl groups is 1. The molecule has 0 aliphatic carbocycles. The van der Waals surface area contributed by atoms with Gasteiger partial charge in [-0.15, -0.1) is 0 Å². The van der Waals surface area contributed by atoms with Gasteiger partial charge < -0.3 is 27.2 Å². The van der Waals surface area contributed by atoms with Gasteiger partial charge in [-0.1, -0.05) is 12.8 Å². The van der Waals surface area contributed by atoms with Crippen LogP contribution in [-0.4, -0.2) is 48.1 Å². The van der Waals surface area contributed by atoms with E-state index in [1.54, 1.807) is 0 Å². The second-order valence-electron chi connectivity index (χ2n) is 5.28. The van der Waals surface area contributed by atoms with Gasteiger partial charge in [-0.05, 0) is 26.2 Å². The van der Waals surface area contributed by atoms with Crippen molar-refractivity contribution < 1.29 is 19.5 Å². The Morgan fingerprint density at radius 3 is 2.27 bits per heavy atom. The van der Waals surface area contributed by atoms with Crippen LogP contribution in [0.15, 0.2) is 0 Å². The average molecular weight is 316 g/mol. The first-order valence-corrected chi connectivity index (χ1v) is 7.61. The quantitative estimate of drug-likeness (QED) is 0.285. The molecule has 0 aromatic heterocycles. The molecule has 0 aliphatic heterocycles. The van der Waals surface area contributed by atoms with Crippen LogP contribution in [0.1, 0.15) is 45.4 Å². The molecule has 3 amide bonds. The summed E-state index contributed by atoms with van der Waals surface area (Å²) in [6.45, 7) is 2.16. The van der Waals surface area contributed by atoms with Gasteiger partial charge in [0, 0.05) is 19.6 Å². The molecule has 8 nitrogen and oxygen atoms in total. The normalized spacial score (nSPS) is 13.2. The molecule has 22 heavy (non-hydrogen) atoms. The molecular weight excluding hydrogens is 288 g/mol. The van der Waals surface area contributed by atoms with Gasteiger partial charge in [0.1, 0.15) is 6.04 Å². The number of primary amides is 1. The number of nitrogens with one attached hydrogen (secondary N) is 2. The minimum atomic E-state index is -0.816. The number of hydrogen-bond donors (Lipinski definition) is 5. The van der Waals surface area contributed by atoms with E-state index in [0.717, 1.165) is 25.7 Å². The Hall–Kier alpha value is -1.67. The van der Waals surface area contributed by atoms with E-state index >= 15 is 0 Å². The lowest BCUT2D eigenvalue weighted by atomic mass is 10.1. The van der Waals surface area contributed by atoms with Crippen molar-refractivity contribution in [1.82, 2.24) is 10.6 Å². The molecule has 0 saturated carbocycles. The fourth-order valence-corrected chi connectivity index (χ4v) is 1.78. The minimum absolute atomic E-state index is 0.00776. The monoisotopic (exact) mass is 316 g/mol. The van der Waals surface area contributed by atoms with E-state index in [4.69, 9.17) is 16.6 Å². The van der Waals surface area contributed by atoms with Crippen molar-refractivity contribution in [2.45, 2.75) is 57.5 Å². The fraction of sp³-hybridized carbons (Fsp3) is 0.786. The van der Waals surface area contributed by atoms with E-state index in [1.165, 1.54) is 6.92 Å². The van der Waals surface area contributed by atoms with Gasteiger partial charge in [-0.25, -0.2) is 0 Å². The summed E-state index contributed by atoms with van der Waals surface area (Å²) in [5.41, 5.74) is 10.5. The highest BCUT2D eigenvalue weighted by molar-refractivity contribution is 5.89. The molecule has 0 spiro atoms. The third kappa shape index (κ3) is 10.1. The Kier molecular flexibility index (Phi) is 11.0. The summed E-state index contributed by atoms with van der Waals surface area (Å²) in [7, 11) is 0. The molecule has 0 unspecified atom stereocenters. The topological polar surface area (TPSA) is 148 Å². The molecule has 0 aliphatic rings. The van der Waals surface area contributed by atoms with Gasteiger partial charge >= 0.3 is 0 Å². The van der Waals surface area contributed by atoms with Gasteiger partial charge in [-0.3, -0.25) is 14.4 Å². The first kappa shape index (κ1) is 20.3. The number of rotatable bonds is 12. The molecule has 0 bridgehead atoms. The summed E-state index contributed by atoms with van der Waals surface area (Å²) < 4.78 is 0. The van der Waals surface area contributed by atoms with Crippen LogP contribution >= 0.6 is 0 Å². The van der Waals surface area contributed by atoms with Crippen molar-refractivity contribution in [3.05, 3.63) is 0 Å². The standard InChI is InChI=1S/C14H28N4O4/c1-10(15)13(21)18-11(6-7-12(16)20)14(22)17-8-4-2-3-5-9-19/h10-11,19H,2-9,15H2,1H3,(H2,16,20)(H,17,22)(H,18,21)/t10-,11-/m0/s1. The summed E-state index contributed by atoms with van der Waals surface area (Å²) in [5, 5.41) is 13.9. The van der Waals surface area contributed by atoms with E-state index in [1.807, 2.05) is 0 Å². The lowest BCUT2D eigenvalue weighted by Crippen LogP contribution is -2.51. The molecule has 0 rings (SSSR count). The van der Waals surface area contributed by atoms with Crippen LogP contribution in [0.3, 0.4) is 0 Å². The first-order chi connectivity index (χ1) is 10.4. The van der Waals surface area contributed by atoms with E-state index in [2.05, 4.69) is 10.6 Å². The molecule has 0 saturated heterocycles. The Balaban J connectivity index is 4.24. The molecule has 8 heteroatoms. The van der Waals surface area contributed by atoms with Crippen LogP contribution in [0, 0.1) is 0 Å². The predicted octanol–water partition coefficient (Wildman–Crippen LogP) is -1.25. The minimum Gasteiger partial charge on any atom is -0.396 e. The fourth-order valence-electron chi connectivity index (χ4n) is 1.78. The third-order valence-corrected chi connectivity index (χ3v) is 3.11. The van der Waals surface area contributed by atoms with Gasteiger partial charge in [0.15, 0.2) is 0 Å². The van der Waals surface area contributed by atoms with Crippen LogP contribution < -0.4 is 22.1 Å². The Bertz CT molecular complexity index is 361. The van der Waals surface area contributed by atoms with Crippen LogP contribution in [0.25, 0.3) is 0 Å². The summed E-state index contributed by atoms with van der Waals surface area (Å²) in [5.74, 6) is -1.33. The number of carbonyl (C=O) groups excluding carboxylic acids is 3. The van der Waals surface area contributed by atoms with E-state index in [-0.39, 0.29) is 25.4 Å². The molecule has 0 radical (unpaired) electrons. The molecule has 128 valence electrons. The summed E-state index contributed by atoms with van der Waals surface area (Å²) >= 11 is 0. The van der Waals surface area contributed by atoms with Crippen LogP contribution in [-0.2, 0) is 14.4 Å². The van der Waals surface area contributed by atoms with Crippen molar-refractivity contribution in [3.8, 4) is 0 Å². The van der Waals surface area contributed by atoms with Crippen molar-refractivity contribution in [2.75, 3.05) is 13.2 Å². The predicted molar refractivity (Wildman–Crippen MR) is 82.6 cm³/mol.